The number of H-pyrrole nitrogens is 1. The third-order valence-corrected chi connectivity index (χ3v) is 6.71. The van der Waals surface area contributed by atoms with E-state index in [1.807, 2.05) is 4.90 Å². The number of nitrogens with one attached hydrogen (secondary N) is 1. The molecular weight excluding hydrogens is 414 g/mol. The number of carbonyl (C=O) groups is 1. The van der Waals surface area contributed by atoms with Crippen LogP contribution < -0.4 is 0 Å². The van der Waals surface area contributed by atoms with Crippen LogP contribution in [0.5, 0.6) is 0 Å². The standard InChI is InChI=1S/C23H26F2N6O/c24-16-11-17-21(29-30-22(17)26-12-16)23-27-13-18(25)19(28-23)9-14-4-3-5-15(8-14)10-20(32)31-6-1-2-7-31/h11-15H,1-10H2,(H,26,29,30)/t14-,15+/m0/s1. The van der Waals surface area contributed by atoms with Crippen molar-refractivity contribution in [3.05, 3.63) is 35.8 Å². The molecule has 0 spiro atoms. The fourth-order valence-corrected chi connectivity index (χ4v) is 5.10. The van der Waals surface area contributed by atoms with Crippen molar-refractivity contribution in [2.75, 3.05) is 13.1 Å². The maximum Gasteiger partial charge on any atom is 0.222 e. The zero-order valence-corrected chi connectivity index (χ0v) is 17.9. The van der Waals surface area contributed by atoms with Gasteiger partial charge < -0.3 is 4.90 Å². The molecule has 7 nitrogen and oxygen atoms in total. The number of halogens is 2. The Morgan fingerprint density at radius 1 is 1.09 bits per heavy atom. The van der Waals surface area contributed by atoms with Crippen LogP contribution in [-0.4, -0.2) is 49.0 Å². The van der Waals surface area contributed by atoms with Gasteiger partial charge >= 0.3 is 0 Å². The molecule has 2 aliphatic rings. The lowest BCUT2D eigenvalue weighted by Gasteiger charge is -2.30. The van der Waals surface area contributed by atoms with E-state index in [4.69, 9.17) is 0 Å². The van der Waals surface area contributed by atoms with Crippen molar-refractivity contribution >= 4 is 16.9 Å². The minimum atomic E-state index is -0.487. The lowest BCUT2D eigenvalue weighted by Crippen LogP contribution is -2.31. The first kappa shape index (κ1) is 20.9. The van der Waals surface area contributed by atoms with Gasteiger partial charge in [0.2, 0.25) is 5.91 Å². The number of nitrogens with zero attached hydrogens (tertiary/aromatic N) is 5. The number of likely N-dealkylation sites (tertiary alicyclic amines) is 1. The zero-order chi connectivity index (χ0) is 22.1. The lowest BCUT2D eigenvalue weighted by atomic mass is 9.77. The van der Waals surface area contributed by atoms with E-state index in [1.54, 1.807) is 0 Å². The number of hydrogen-bond donors (Lipinski definition) is 1. The minimum Gasteiger partial charge on any atom is -0.343 e. The van der Waals surface area contributed by atoms with Gasteiger partial charge in [-0.2, -0.15) is 5.10 Å². The Hall–Kier alpha value is -2.97. The van der Waals surface area contributed by atoms with E-state index in [9.17, 15) is 13.6 Å². The highest BCUT2D eigenvalue weighted by molar-refractivity contribution is 5.88. The van der Waals surface area contributed by atoms with Gasteiger partial charge in [-0.1, -0.05) is 12.8 Å². The predicted molar refractivity (Wildman–Crippen MR) is 114 cm³/mol. The van der Waals surface area contributed by atoms with Gasteiger partial charge in [-0.05, 0) is 50.0 Å². The van der Waals surface area contributed by atoms with E-state index in [0.717, 1.165) is 64.0 Å². The van der Waals surface area contributed by atoms with Gasteiger partial charge in [-0.3, -0.25) is 9.89 Å². The van der Waals surface area contributed by atoms with Crippen LogP contribution in [0, 0.1) is 23.5 Å². The van der Waals surface area contributed by atoms with Gasteiger partial charge in [0.05, 0.1) is 23.5 Å². The number of carbonyl (C=O) groups excluding carboxylic acids is 1. The van der Waals surface area contributed by atoms with E-state index in [1.165, 1.54) is 6.07 Å². The average molecular weight is 440 g/mol. The number of amides is 1. The third kappa shape index (κ3) is 4.33. The van der Waals surface area contributed by atoms with E-state index in [0.29, 0.717) is 41.2 Å². The maximum absolute atomic E-state index is 14.6. The Morgan fingerprint density at radius 2 is 1.91 bits per heavy atom. The lowest BCUT2D eigenvalue weighted by molar-refractivity contribution is -0.131. The molecule has 3 aromatic rings. The number of aromatic amines is 1. The number of aromatic nitrogens is 5. The molecule has 5 rings (SSSR count). The van der Waals surface area contributed by atoms with Crippen molar-refractivity contribution < 1.29 is 13.6 Å². The molecule has 168 valence electrons. The van der Waals surface area contributed by atoms with Crippen molar-refractivity contribution in [2.24, 2.45) is 11.8 Å². The summed E-state index contributed by atoms with van der Waals surface area (Å²) in [6, 6.07) is 1.32. The first-order chi connectivity index (χ1) is 15.6. The number of hydrogen-bond acceptors (Lipinski definition) is 5. The van der Waals surface area contributed by atoms with Crippen molar-refractivity contribution in [2.45, 2.75) is 51.4 Å². The molecule has 1 N–H and O–H groups in total. The highest BCUT2D eigenvalue weighted by atomic mass is 19.1. The second kappa shape index (κ2) is 8.88. The van der Waals surface area contributed by atoms with Crippen molar-refractivity contribution in [1.82, 2.24) is 30.0 Å². The van der Waals surface area contributed by atoms with Crippen LogP contribution in [0.4, 0.5) is 8.78 Å². The summed E-state index contributed by atoms with van der Waals surface area (Å²) in [5.74, 6) is 0.215. The largest absolute Gasteiger partial charge is 0.343 e. The highest BCUT2D eigenvalue weighted by Crippen LogP contribution is 2.34. The average Bonchev–Trinajstić information content (AvgIpc) is 3.46. The van der Waals surface area contributed by atoms with Crippen LogP contribution >= 0.6 is 0 Å². The van der Waals surface area contributed by atoms with Gasteiger partial charge in [0.1, 0.15) is 11.5 Å². The summed E-state index contributed by atoms with van der Waals surface area (Å²) in [7, 11) is 0. The summed E-state index contributed by atoms with van der Waals surface area (Å²) in [4.78, 5) is 27.0. The van der Waals surface area contributed by atoms with Crippen LogP contribution in [0.1, 0.15) is 50.6 Å². The Balaban J connectivity index is 1.30. The maximum atomic E-state index is 14.6. The molecular formula is C23H26F2N6O. The smallest absolute Gasteiger partial charge is 0.222 e. The third-order valence-electron chi connectivity index (χ3n) is 6.71. The molecule has 2 atom stereocenters. The van der Waals surface area contributed by atoms with E-state index in [2.05, 4.69) is 25.1 Å². The van der Waals surface area contributed by atoms with Crippen LogP contribution in [0.2, 0.25) is 0 Å². The summed E-state index contributed by atoms with van der Waals surface area (Å²) in [6.07, 6.45) is 9.53. The van der Waals surface area contributed by atoms with Gasteiger partial charge in [0.15, 0.2) is 17.3 Å². The van der Waals surface area contributed by atoms with Crippen LogP contribution in [0.3, 0.4) is 0 Å². The van der Waals surface area contributed by atoms with Crippen LogP contribution in [0.15, 0.2) is 18.5 Å². The van der Waals surface area contributed by atoms with Gasteiger partial charge in [-0.15, -0.1) is 0 Å². The van der Waals surface area contributed by atoms with E-state index >= 15 is 0 Å². The molecule has 9 heteroatoms. The van der Waals surface area contributed by atoms with Crippen molar-refractivity contribution in [1.29, 1.82) is 0 Å². The molecule has 0 aromatic carbocycles. The molecule has 0 unspecified atom stereocenters. The van der Waals surface area contributed by atoms with Gasteiger partial charge in [-0.25, -0.2) is 23.7 Å². The minimum absolute atomic E-state index is 0.260. The molecule has 1 aliphatic heterocycles. The molecule has 2 fully saturated rings. The fraction of sp³-hybridized carbons (Fsp3) is 0.522. The van der Waals surface area contributed by atoms with E-state index < -0.39 is 11.6 Å². The Labute approximate surface area is 184 Å². The highest BCUT2D eigenvalue weighted by Gasteiger charge is 2.28. The molecule has 1 amide bonds. The summed E-state index contributed by atoms with van der Waals surface area (Å²) < 4.78 is 28.2. The van der Waals surface area contributed by atoms with Crippen LogP contribution in [0.25, 0.3) is 22.6 Å². The van der Waals surface area contributed by atoms with E-state index in [-0.39, 0.29) is 17.6 Å². The summed E-state index contributed by atoms with van der Waals surface area (Å²) in [6.45, 7) is 1.76. The summed E-state index contributed by atoms with van der Waals surface area (Å²) >= 11 is 0. The molecule has 4 heterocycles. The molecule has 1 saturated heterocycles. The summed E-state index contributed by atoms with van der Waals surface area (Å²) in [5, 5.41) is 7.31. The predicted octanol–water partition coefficient (Wildman–Crippen LogP) is 4.05. The molecule has 0 radical (unpaired) electrons. The fourth-order valence-electron chi connectivity index (χ4n) is 5.10. The SMILES string of the molecule is O=C(C[C@@H]1CCC[C@H](Cc2nc(-c3[nH]nc4ncc(F)cc34)ncc2F)C1)N1CCCC1. The summed E-state index contributed by atoms with van der Waals surface area (Å²) in [5.41, 5.74) is 1.12. The topological polar surface area (TPSA) is 87.7 Å². The Kier molecular flexibility index (Phi) is 5.80. The first-order valence-electron chi connectivity index (χ1n) is 11.4. The quantitative estimate of drug-likeness (QED) is 0.647. The van der Waals surface area contributed by atoms with Crippen molar-refractivity contribution in [3.63, 3.8) is 0 Å². The molecule has 3 aromatic heterocycles. The number of fused-ring (bicyclic) bond motifs is 1. The normalized spacial score (nSPS) is 21.4. The molecule has 0 bridgehead atoms. The number of rotatable bonds is 5. The first-order valence-corrected chi connectivity index (χ1v) is 11.4. The van der Waals surface area contributed by atoms with Gasteiger partial charge in [0.25, 0.3) is 0 Å². The van der Waals surface area contributed by atoms with Crippen LogP contribution in [-0.2, 0) is 11.2 Å². The second-order valence-corrected chi connectivity index (χ2v) is 9.01. The second-order valence-electron chi connectivity index (χ2n) is 9.01. The zero-order valence-electron chi connectivity index (χ0n) is 17.9. The molecule has 1 aliphatic carbocycles. The number of pyridine rings is 1. The Morgan fingerprint density at radius 3 is 2.75 bits per heavy atom. The monoisotopic (exact) mass is 440 g/mol. The molecule has 32 heavy (non-hydrogen) atoms. The van der Waals surface area contributed by atoms with Crippen molar-refractivity contribution in [3.8, 4) is 11.5 Å². The van der Waals surface area contributed by atoms with Gasteiger partial charge in [0, 0.05) is 19.5 Å². The molecule has 1 saturated carbocycles. The Bertz CT molecular complexity index is 1130.